The molecule has 1 fully saturated rings. The van der Waals surface area contributed by atoms with E-state index in [1.807, 2.05) is 6.07 Å². The van der Waals surface area contributed by atoms with Crippen LogP contribution in [0.2, 0.25) is 0 Å². The Hall–Kier alpha value is -0.420. The van der Waals surface area contributed by atoms with Gasteiger partial charge in [0, 0.05) is 43.2 Å². The van der Waals surface area contributed by atoms with Crippen LogP contribution >= 0.6 is 15.9 Å². The second-order valence-electron chi connectivity index (χ2n) is 4.64. The van der Waals surface area contributed by atoms with Gasteiger partial charge in [-0.2, -0.15) is 0 Å². The molecule has 0 aliphatic carbocycles. The standard InChI is InChI=1S/C13H20BrN3/c1-17-7-6-16-12(10-17)9-15-8-11-4-2-3-5-13(11)14/h2-5,12,15-16H,6-10H2,1H3. The van der Waals surface area contributed by atoms with E-state index in [1.165, 1.54) is 10.0 Å². The fraction of sp³-hybridized carbons (Fsp3) is 0.538. The van der Waals surface area contributed by atoms with E-state index in [9.17, 15) is 0 Å². The number of hydrogen-bond acceptors (Lipinski definition) is 3. The molecule has 4 heteroatoms. The minimum Gasteiger partial charge on any atom is -0.311 e. The van der Waals surface area contributed by atoms with E-state index >= 15 is 0 Å². The molecule has 0 bridgehead atoms. The first-order valence-corrected chi connectivity index (χ1v) is 6.91. The van der Waals surface area contributed by atoms with E-state index in [4.69, 9.17) is 0 Å². The average molecular weight is 298 g/mol. The monoisotopic (exact) mass is 297 g/mol. The van der Waals surface area contributed by atoms with Gasteiger partial charge in [-0.05, 0) is 18.7 Å². The zero-order chi connectivity index (χ0) is 12.1. The Bertz CT molecular complexity index is 356. The maximum absolute atomic E-state index is 3.57. The third-order valence-corrected chi connectivity index (χ3v) is 3.90. The summed E-state index contributed by atoms with van der Waals surface area (Å²) < 4.78 is 1.18. The van der Waals surface area contributed by atoms with Crippen molar-refractivity contribution >= 4 is 15.9 Å². The predicted molar refractivity (Wildman–Crippen MR) is 75.1 cm³/mol. The summed E-state index contributed by atoms with van der Waals surface area (Å²) in [6.07, 6.45) is 0. The molecule has 3 nitrogen and oxygen atoms in total. The van der Waals surface area contributed by atoms with Gasteiger partial charge in [0.25, 0.3) is 0 Å². The minimum atomic E-state index is 0.566. The van der Waals surface area contributed by atoms with Crippen LogP contribution in [0, 0.1) is 0 Å². The number of nitrogens with one attached hydrogen (secondary N) is 2. The molecule has 94 valence electrons. The van der Waals surface area contributed by atoms with Crippen LogP contribution < -0.4 is 10.6 Å². The zero-order valence-electron chi connectivity index (χ0n) is 10.2. The van der Waals surface area contributed by atoms with Gasteiger partial charge < -0.3 is 15.5 Å². The molecule has 0 saturated carbocycles. The molecule has 1 unspecified atom stereocenters. The molecular weight excluding hydrogens is 278 g/mol. The highest BCUT2D eigenvalue weighted by molar-refractivity contribution is 9.10. The molecule has 0 aromatic heterocycles. The highest BCUT2D eigenvalue weighted by Gasteiger charge is 2.15. The van der Waals surface area contributed by atoms with Gasteiger partial charge in [0.15, 0.2) is 0 Å². The molecule has 0 amide bonds. The first-order chi connectivity index (χ1) is 8.25. The Morgan fingerprint density at radius 2 is 2.29 bits per heavy atom. The molecule has 1 aromatic rings. The first kappa shape index (κ1) is 13.0. The summed E-state index contributed by atoms with van der Waals surface area (Å²) in [5.74, 6) is 0. The van der Waals surface area contributed by atoms with Crippen LogP contribution in [0.3, 0.4) is 0 Å². The van der Waals surface area contributed by atoms with Crippen LogP contribution in [0.5, 0.6) is 0 Å². The fourth-order valence-corrected chi connectivity index (χ4v) is 2.58. The number of benzene rings is 1. The molecule has 1 aliphatic rings. The number of likely N-dealkylation sites (N-methyl/N-ethyl adjacent to an activating group) is 1. The van der Waals surface area contributed by atoms with Gasteiger partial charge >= 0.3 is 0 Å². The molecule has 1 saturated heterocycles. The van der Waals surface area contributed by atoms with Gasteiger partial charge in [0.05, 0.1) is 0 Å². The van der Waals surface area contributed by atoms with Crippen molar-refractivity contribution in [2.24, 2.45) is 0 Å². The third kappa shape index (κ3) is 4.07. The highest BCUT2D eigenvalue weighted by atomic mass is 79.9. The van der Waals surface area contributed by atoms with Crippen LogP contribution in [-0.2, 0) is 6.54 Å². The van der Waals surface area contributed by atoms with Gasteiger partial charge in [-0.3, -0.25) is 0 Å². The number of halogens is 1. The van der Waals surface area contributed by atoms with Crippen molar-refractivity contribution in [3.05, 3.63) is 34.3 Å². The summed E-state index contributed by atoms with van der Waals surface area (Å²) >= 11 is 3.57. The van der Waals surface area contributed by atoms with E-state index in [1.54, 1.807) is 0 Å². The molecule has 2 rings (SSSR count). The lowest BCUT2D eigenvalue weighted by Gasteiger charge is -2.31. The SMILES string of the molecule is CN1CCNC(CNCc2ccccc2Br)C1. The maximum atomic E-state index is 3.57. The fourth-order valence-electron chi connectivity index (χ4n) is 2.15. The maximum Gasteiger partial charge on any atom is 0.0320 e. The number of hydrogen-bond donors (Lipinski definition) is 2. The molecule has 1 aliphatic heterocycles. The Balaban J connectivity index is 1.74. The average Bonchev–Trinajstić information content (AvgIpc) is 2.32. The molecule has 1 atom stereocenters. The third-order valence-electron chi connectivity index (χ3n) is 3.12. The second-order valence-corrected chi connectivity index (χ2v) is 5.49. The Labute approximate surface area is 112 Å². The van der Waals surface area contributed by atoms with E-state index in [-0.39, 0.29) is 0 Å². The van der Waals surface area contributed by atoms with Crippen LogP contribution in [0.1, 0.15) is 5.56 Å². The lowest BCUT2D eigenvalue weighted by atomic mass is 10.2. The minimum absolute atomic E-state index is 0.566. The second kappa shape index (κ2) is 6.50. The van der Waals surface area contributed by atoms with Crippen molar-refractivity contribution < 1.29 is 0 Å². The van der Waals surface area contributed by atoms with Crippen LogP contribution in [0.4, 0.5) is 0 Å². The summed E-state index contributed by atoms with van der Waals surface area (Å²) in [4.78, 5) is 2.38. The zero-order valence-corrected chi connectivity index (χ0v) is 11.8. The lowest BCUT2D eigenvalue weighted by molar-refractivity contribution is 0.235. The number of piperazine rings is 1. The molecule has 0 spiro atoms. The van der Waals surface area contributed by atoms with E-state index in [0.717, 1.165) is 32.7 Å². The smallest absolute Gasteiger partial charge is 0.0320 e. The van der Waals surface area contributed by atoms with Crippen LogP contribution in [0.15, 0.2) is 28.7 Å². The summed E-state index contributed by atoms with van der Waals surface area (Å²) in [6.45, 7) is 5.32. The van der Waals surface area contributed by atoms with Gasteiger partial charge in [0.1, 0.15) is 0 Å². The van der Waals surface area contributed by atoms with E-state index in [0.29, 0.717) is 6.04 Å². The summed E-state index contributed by atoms with van der Waals surface area (Å²) in [5.41, 5.74) is 1.32. The van der Waals surface area contributed by atoms with Crippen molar-refractivity contribution in [2.75, 3.05) is 33.2 Å². The van der Waals surface area contributed by atoms with Crippen LogP contribution in [0.25, 0.3) is 0 Å². The Kier molecular flexibility index (Phi) is 4.98. The molecule has 17 heavy (non-hydrogen) atoms. The summed E-state index contributed by atoms with van der Waals surface area (Å²) in [6, 6.07) is 8.93. The Morgan fingerprint density at radius 1 is 1.47 bits per heavy atom. The van der Waals surface area contributed by atoms with Gasteiger partial charge in [-0.1, -0.05) is 34.1 Å². The van der Waals surface area contributed by atoms with Gasteiger partial charge in [0.2, 0.25) is 0 Å². The number of rotatable bonds is 4. The molecule has 1 heterocycles. The number of nitrogens with zero attached hydrogens (tertiary/aromatic N) is 1. The first-order valence-electron chi connectivity index (χ1n) is 6.12. The molecular formula is C13H20BrN3. The van der Waals surface area contributed by atoms with E-state index < -0.39 is 0 Å². The lowest BCUT2D eigenvalue weighted by Crippen LogP contribution is -2.52. The largest absolute Gasteiger partial charge is 0.311 e. The summed E-state index contributed by atoms with van der Waals surface area (Å²) in [7, 11) is 2.18. The molecule has 0 radical (unpaired) electrons. The van der Waals surface area contributed by atoms with Crippen molar-refractivity contribution in [1.82, 2.24) is 15.5 Å². The normalized spacial score (nSPS) is 21.6. The van der Waals surface area contributed by atoms with Crippen molar-refractivity contribution in [3.8, 4) is 0 Å². The Morgan fingerprint density at radius 3 is 3.06 bits per heavy atom. The van der Waals surface area contributed by atoms with E-state index in [2.05, 4.69) is 56.7 Å². The quantitative estimate of drug-likeness (QED) is 0.881. The highest BCUT2D eigenvalue weighted by Crippen LogP contribution is 2.15. The van der Waals surface area contributed by atoms with Gasteiger partial charge in [-0.25, -0.2) is 0 Å². The predicted octanol–water partition coefficient (Wildman–Crippen LogP) is 1.44. The van der Waals surface area contributed by atoms with Crippen LogP contribution in [-0.4, -0.2) is 44.2 Å². The topological polar surface area (TPSA) is 27.3 Å². The molecule has 1 aromatic carbocycles. The summed E-state index contributed by atoms with van der Waals surface area (Å²) in [5, 5.41) is 7.05. The van der Waals surface area contributed by atoms with Crippen molar-refractivity contribution in [2.45, 2.75) is 12.6 Å². The molecule has 2 N–H and O–H groups in total. The van der Waals surface area contributed by atoms with Gasteiger partial charge in [-0.15, -0.1) is 0 Å². The van der Waals surface area contributed by atoms with Crippen molar-refractivity contribution in [1.29, 1.82) is 0 Å². The van der Waals surface area contributed by atoms with Crippen molar-refractivity contribution in [3.63, 3.8) is 0 Å².